The lowest BCUT2D eigenvalue weighted by molar-refractivity contribution is 0.0740. The lowest BCUT2D eigenvalue weighted by Gasteiger charge is -2.23. The highest BCUT2D eigenvalue weighted by Crippen LogP contribution is 2.24. The van der Waals surface area contributed by atoms with Gasteiger partial charge >= 0.3 is 0 Å². The Balaban J connectivity index is 3.33. The number of hydrogen-bond donors (Lipinski definition) is 0. The molecule has 21 heavy (non-hydrogen) atoms. The van der Waals surface area contributed by atoms with Crippen LogP contribution in [-0.2, 0) is 9.05 Å². The van der Waals surface area contributed by atoms with Crippen molar-refractivity contribution in [2.75, 3.05) is 13.1 Å². The van der Waals surface area contributed by atoms with Gasteiger partial charge in [-0.1, -0.05) is 13.8 Å². The summed E-state index contributed by atoms with van der Waals surface area (Å²) in [7, 11) is 1.29. The molecular weight excluding hydrogens is 317 g/mol. The molecule has 1 aromatic carbocycles. The maximum Gasteiger partial charge on any atom is 0.261 e. The van der Waals surface area contributed by atoms with E-state index in [4.69, 9.17) is 10.7 Å². The van der Waals surface area contributed by atoms with Crippen LogP contribution in [0.3, 0.4) is 0 Å². The normalized spacial score (nSPS) is 11.8. The third kappa shape index (κ3) is 4.41. The van der Waals surface area contributed by atoms with Gasteiger partial charge in [0.1, 0.15) is 5.82 Å². The number of carbonyl (C=O) groups excluding carboxylic acids is 1. The van der Waals surface area contributed by atoms with Crippen molar-refractivity contribution < 1.29 is 17.6 Å². The summed E-state index contributed by atoms with van der Waals surface area (Å²) >= 11 is 0. The summed E-state index contributed by atoms with van der Waals surface area (Å²) < 4.78 is 37.0. The maximum atomic E-state index is 14.0. The summed E-state index contributed by atoms with van der Waals surface area (Å²) in [6, 6.07) is 2.03. The molecule has 0 aliphatic rings. The van der Waals surface area contributed by atoms with Crippen molar-refractivity contribution in [3.8, 4) is 0 Å². The van der Waals surface area contributed by atoms with E-state index in [2.05, 4.69) is 0 Å². The third-order valence-corrected chi connectivity index (χ3v) is 4.48. The summed E-state index contributed by atoms with van der Waals surface area (Å²) in [5, 5.41) is 0. The predicted molar refractivity (Wildman–Crippen MR) is 80.6 cm³/mol. The standard InChI is InChI=1S/C14H19ClFNO3S/c1-5-17(8-9(2)3)14(18)11-7-13(21(15,19)20)10(4)6-12(11)16/h6-7,9H,5,8H2,1-4H3. The first-order valence-corrected chi connectivity index (χ1v) is 8.93. The van der Waals surface area contributed by atoms with E-state index in [-0.39, 0.29) is 21.9 Å². The Morgan fingerprint density at radius 3 is 2.38 bits per heavy atom. The van der Waals surface area contributed by atoms with Crippen molar-refractivity contribution in [1.82, 2.24) is 4.90 Å². The van der Waals surface area contributed by atoms with E-state index in [9.17, 15) is 17.6 Å². The molecule has 0 aromatic heterocycles. The van der Waals surface area contributed by atoms with Crippen LogP contribution in [0.4, 0.5) is 4.39 Å². The van der Waals surface area contributed by atoms with Gasteiger partial charge in [0.2, 0.25) is 0 Å². The van der Waals surface area contributed by atoms with E-state index < -0.39 is 20.8 Å². The van der Waals surface area contributed by atoms with Gasteiger partial charge in [0, 0.05) is 23.8 Å². The van der Waals surface area contributed by atoms with Gasteiger partial charge in [-0.05, 0) is 37.5 Å². The average Bonchev–Trinajstić information content (AvgIpc) is 2.33. The molecule has 0 atom stereocenters. The Kier molecular flexibility index (Phi) is 5.75. The topological polar surface area (TPSA) is 54.5 Å². The summed E-state index contributed by atoms with van der Waals surface area (Å²) in [6.07, 6.45) is 0. The molecule has 0 unspecified atom stereocenters. The molecule has 1 amide bonds. The number of carbonyl (C=O) groups is 1. The molecule has 0 N–H and O–H groups in total. The van der Waals surface area contributed by atoms with Gasteiger partial charge in [0.15, 0.2) is 0 Å². The van der Waals surface area contributed by atoms with Crippen LogP contribution >= 0.6 is 10.7 Å². The fraction of sp³-hybridized carbons (Fsp3) is 0.500. The average molecular weight is 336 g/mol. The molecule has 0 radical (unpaired) electrons. The fourth-order valence-corrected chi connectivity index (χ4v) is 3.25. The molecule has 0 saturated heterocycles. The number of aryl methyl sites for hydroxylation is 1. The quantitative estimate of drug-likeness (QED) is 0.776. The van der Waals surface area contributed by atoms with Crippen LogP contribution in [-0.4, -0.2) is 32.3 Å². The smallest absolute Gasteiger partial charge is 0.261 e. The zero-order valence-corrected chi connectivity index (χ0v) is 14.1. The molecule has 4 nitrogen and oxygen atoms in total. The monoisotopic (exact) mass is 335 g/mol. The van der Waals surface area contributed by atoms with Gasteiger partial charge in [0.25, 0.3) is 15.0 Å². The summed E-state index contributed by atoms with van der Waals surface area (Å²) in [5.74, 6) is -1.06. The minimum absolute atomic E-state index is 0.172. The summed E-state index contributed by atoms with van der Waals surface area (Å²) in [5.41, 5.74) is -0.103. The molecule has 0 aliphatic heterocycles. The van der Waals surface area contributed by atoms with E-state index >= 15 is 0 Å². The summed E-state index contributed by atoms with van der Waals surface area (Å²) in [4.78, 5) is 13.6. The van der Waals surface area contributed by atoms with E-state index in [0.717, 1.165) is 12.1 Å². The predicted octanol–water partition coefficient (Wildman–Crippen LogP) is 3.18. The molecule has 0 spiro atoms. The van der Waals surface area contributed by atoms with Gasteiger partial charge in [-0.15, -0.1) is 0 Å². The Morgan fingerprint density at radius 2 is 1.95 bits per heavy atom. The Morgan fingerprint density at radius 1 is 1.38 bits per heavy atom. The number of amides is 1. The number of nitrogens with zero attached hydrogens (tertiary/aromatic N) is 1. The van der Waals surface area contributed by atoms with Gasteiger partial charge in [-0.3, -0.25) is 4.79 Å². The molecule has 7 heteroatoms. The first-order valence-electron chi connectivity index (χ1n) is 6.62. The number of rotatable bonds is 5. The highest BCUT2D eigenvalue weighted by molar-refractivity contribution is 8.13. The molecular formula is C14H19ClFNO3S. The molecule has 0 bridgehead atoms. The van der Waals surface area contributed by atoms with Crippen LogP contribution in [0, 0.1) is 18.7 Å². The Labute approximate surface area is 129 Å². The van der Waals surface area contributed by atoms with E-state index in [1.807, 2.05) is 13.8 Å². The first kappa shape index (κ1) is 17.9. The molecule has 0 aliphatic carbocycles. The van der Waals surface area contributed by atoms with Gasteiger partial charge in [0.05, 0.1) is 10.5 Å². The molecule has 0 heterocycles. The van der Waals surface area contributed by atoms with Crippen LogP contribution in [0.1, 0.15) is 36.7 Å². The van der Waals surface area contributed by atoms with E-state index in [1.165, 1.54) is 11.8 Å². The maximum absolute atomic E-state index is 14.0. The van der Waals surface area contributed by atoms with Gasteiger partial charge in [-0.2, -0.15) is 0 Å². The zero-order valence-electron chi connectivity index (χ0n) is 12.5. The van der Waals surface area contributed by atoms with E-state index in [0.29, 0.717) is 13.1 Å². The number of benzene rings is 1. The van der Waals surface area contributed by atoms with Crippen molar-refractivity contribution in [3.63, 3.8) is 0 Å². The molecule has 118 valence electrons. The lowest BCUT2D eigenvalue weighted by Crippen LogP contribution is -2.34. The molecule has 0 saturated carbocycles. The SMILES string of the molecule is CCN(CC(C)C)C(=O)c1cc(S(=O)(=O)Cl)c(C)cc1F. The highest BCUT2D eigenvalue weighted by Gasteiger charge is 2.23. The Bertz CT molecular complexity index is 644. The zero-order chi connectivity index (χ0) is 16.4. The van der Waals surface area contributed by atoms with Crippen LogP contribution in [0.25, 0.3) is 0 Å². The van der Waals surface area contributed by atoms with Crippen LogP contribution < -0.4 is 0 Å². The van der Waals surface area contributed by atoms with Crippen LogP contribution in [0.15, 0.2) is 17.0 Å². The molecule has 1 rings (SSSR count). The lowest BCUT2D eigenvalue weighted by atomic mass is 10.1. The van der Waals surface area contributed by atoms with Crippen molar-refractivity contribution in [2.45, 2.75) is 32.6 Å². The second-order valence-corrected chi connectivity index (χ2v) is 7.81. The van der Waals surface area contributed by atoms with Crippen molar-refractivity contribution >= 4 is 25.6 Å². The molecule has 0 fully saturated rings. The van der Waals surface area contributed by atoms with Crippen LogP contribution in [0.2, 0.25) is 0 Å². The van der Waals surface area contributed by atoms with Crippen molar-refractivity contribution in [1.29, 1.82) is 0 Å². The summed E-state index contributed by atoms with van der Waals surface area (Å²) in [6.45, 7) is 7.97. The number of halogens is 2. The third-order valence-electron chi connectivity index (χ3n) is 3.01. The van der Waals surface area contributed by atoms with Crippen LogP contribution in [0.5, 0.6) is 0 Å². The molecule has 1 aromatic rings. The second kappa shape index (κ2) is 6.75. The largest absolute Gasteiger partial charge is 0.339 e. The minimum atomic E-state index is -4.03. The van der Waals surface area contributed by atoms with E-state index in [1.54, 1.807) is 6.92 Å². The van der Waals surface area contributed by atoms with Crippen molar-refractivity contribution in [3.05, 3.63) is 29.1 Å². The Hall–Kier alpha value is -1.14. The first-order chi connectivity index (χ1) is 9.57. The van der Waals surface area contributed by atoms with Gasteiger partial charge in [-0.25, -0.2) is 12.8 Å². The van der Waals surface area contributed by atoms with Gasteiger partial charge < -0.3 is 4.90 Å². The fourth-order valence-electron chi connectivity index (χ4n) is 2.05. The highest BCUT2D eigenvalue weighted by atomic mass is 35.7. The minimum Gasteiger partial charge on any atom is -0.339 e. The van der Waals surface area contributed by atoms with Crippen molar-refractivity contribution in [2.24, 2.45) is 5.92 Å². The second-order valence-electron chi connectivity index (χ2n) is 5.27. The number of hydrogen-bond acceptors (Lipinski definition) is 3.